The van der Waals surface area contributed by atoms with Gasteiger partial charge in [-0.2, -0.15) is 5.26 Å². The summed E-state index contributed by atoms with van der Waals surface area (Å²) in [6.45, 7) is 1.90. The molecule has 0 radical (unpaired) electrons. The minimum Gasteiger partial charge on any atom is -0.484 e. The molecule has 2 aromatic carbocycles. The number of anilines is 3. The van der Waals surface area contributed by atoms with Crippen LogP contribution in [0.4, 0.5) is 17.2 Å². The number of aromatic nitrogens is 1. The molecule has 3 aromatic rings. The van der Waals surface area contributed by atoms with Gasteiger partial charge in [0.05, 0.1) is 23.1 Å². The first-order chi connectivity index (χ1) is 13.1. The van der Waals surface area contributed by atoms with E-state index in [2.05, 4.69) is 21.7 Å². The fourth-order valence-electron chi connectivity index (χ4n) is 2.35. The SMILES string of the molecule is Cc1ccc(OCC(=O)Nc2ccc(Nc3ccccc3C#N)nc2)cc1. The van der Waals surface area contributed by atoms with Crippen molar-refractivity contribution in [1.82, 2.24) is 4.98 Å². The number of nitriles is 1. The van der Waals surface area contributed by atoms with Crippen LogP contribution in [0, 0.1) is 18.3 Å². The molecule has 27 heavy (non-hydrogen) atoms. The molecule has 1 heterocycles. The predicted octanol–water partition coefficient (Wildman–Crippen LogP) is 4.02. The van der Waals surface area contributed by atoms with Gasteiger partial charge >= 0.3 is 0 Å². The van der Waals surface area contributed by atoms with Crippen molar-refractivity contribution < 1.29 is 9.53 Å². The lowest BCUT2D eigenvalue weighted by molar-refractivity contribution is -0.118. The van der Waals surface area contributed by atoms with Crippen molar-refractivity contribution in [2.45, 2.75) is 6.92 Å². The standard InChI is InChI=1S/C21H18N4O2/c1-15-6-9-18(10-7-15)27-14-21(26)24-17-8-11-20(23-13-17)25-19-5-3-2-4-16(19)12-22/h2-11,13H,14H2,1H3,(H,23,25)(H,24,26). The fourth-order valence-corrected chi connectivity index (χ4v) is 2.35. The number of ether oxygens (including phenoxy) is 1. The van der Waals surface area contributed by atoms with E-state index in [-0.39, 0.29) is 12.5 Å². The molecule has 0 bridgehead atoms. The van der Waals surface area contributed by atoms with Crippen LogP contribution in [-0.2, 0) is 4.79 Å². The normalized spacial score (nSPS) is 9.93. The zero-order valence-electron chi connectivity index (χ0n) is 14.8. The molecule has 0 fully saturated rings. The number of carbonyl (C=O) groups is 1. The number of nitrogens with one attached hydrogen (secondary N) is 2. The molecule has 0 aliphatic heterocycles. The molecule has 0 spiro atoms. The number of rotatable bonds is 6. The molecule has 0 atom stereocenters. The molecule has 2 N–H and O–H groups in total. The quantitative estimate of drug-likeness (QED) is 0.695. The Kier molecular flexibility index (Phi) is 5.65. The summed E-state index contributed by atoms with van der Waals surface area (Å²) in [4.78, 5) is 16.3. The smallest absolute Gasteiger partial charge is 0.262 e. The first-order valence-electron chi connectivity index (χ1n) is 8.35. The molecule has 134 valence electrons. The third kappa shape index (κ3) is 5.06. The van der Waals surface area contributed by atoms with Gasteiger partial charge in [0.15, 0.2) is 6.61 Å². The van der Waals surface area contributed by atoms with Crippen molar-refractivity contribution >= 4 is 23.1 Å². The van der Waals surface area contributed by atoms with Gasteiger partial charge in [-0.1, -0.05) is 29.8 Å². The van der Waals surface area contributed by atoms with E-state index in [0.29, 0.717) is 28.5 Å². The van der Waals surface area contributed by atoms with Gasteiger partial charge in [0, 0.05) is 0 Å². The van der Waals surface area contributed by atoms with Crippen molar-refractivity contribution in [2.75, 3.05) is 17.2 Å². The average Bonchev–Trinajstić information content (AvgIpc) is 2.69. The van der Waals surface area contributed by atoms with Gasteiger partial charge < -0.3 is 15.4 Å². The number of carbonyl (C=O) groups excluding carboxylic acids is 1. The highest BCUT2D eigenvalue weighted by Crippen LogP contribution is 2.19. The van der Waals surface area contributed by atoms with Gasteiger partial charge in [0.1, 0.15) is 17.6 Å². The summed E-state index contributed by atoms with van der Waals surface area (Å²) >= 11 is 0. The third-order valence-electron chi connectivity index (χ3n) is 3.75. The zero-order valence-corrected chi connectivity index (χ0v) is 14.8. The van der Waals surface area contributed by atoms with Crippen LogP contribution >= 0.6 is 0 Å². The largest absolute Gasteiger partial charge is 0.484 e. The monoisotopic (exact) mass is 358 g/mol. The highest BCUT2D eigenvalue weighted by molar-refractivity contribution is 5.91. The molecular weight excluding hydrogens is 340 g/mol. The van der Waals surface area contributed by atoms with Crippen LogP contribution in [0.15, 0.2) is 66.9 Å². The van der Waals surface area contributed by atoms with Gasteiger partial charge in [-0.15, -0.1) is 0 Å². The Bertz CT molecular complexity index is 961. The van der Waals surface area contributed by atoms with Crippen molar-refractivity contribution in [1.29, 1.82) is 5.26 Å². The first-order valence-corrected chi connectivity index (χ1v) is 8.35. The summed E-state index contributed by atoms with van der Waals surface area (Å²) < 4.78 is 5.45. The number of para-hydroxylation sites is 1. The lowest BCUT2D eigenvalue weighted by Gasteiger charge is -2.09. The number of benzene rings is 2. The van der Waals surface area contributed by atoms with E-state index in [1.807, 2.05) is 37.3 Å². The second kappa shape index (κ2) is 8.50. The van der Waals surface area contributed by atoms with Gasteiger partial charge in [0.25, 0.3) is 5.91 Å². The van der Waals surface area contributed by atoms with Crippen LogP contribution < -0.4 is 15.4 Å². The van der Waals surface area contributed by atoms with Crippen molar-refractivity contribution in [3.63, 3.8) is 0 Å². The van der Waals surface area contributed by atoms with Crippen molar-refractivity contribution in [3.05, 3.63) is 78.0 Å². The molecule has 0 saturated carbocycles. The fraction of sp³-hybridized carbons (Fsp3) is 0.0952. The van der Waals surface area contributed by atoms with E-state index in [1.54, 1.807) is 36.5 Å². The van der Waals surface area contributed by atoms with E-state index in [9.17, 15) is 4.79 Å². The maximum atomic E-state index is 12.0. The number of hydrogen-bond donors (Lipinski definition) is 2. The second-order valence-corrected chi connectivity index (χ2v) is 5.86. The number of hydrogen-bond acceptors (Lipinski definition) is 5. The van der Waals surface area contributed by atoms with E-state index in [0.717, 1.165) is 5.56 Å². The van der Waals surface area contributed by atoms with Gasteiger partial charge in [-0.3, -0.25) is 4.79 Å². The van der Waals surface area contributed by atoms with Crippen LogP contribution in [0.3, 0.4) is 0 Å². The third-order valence-corrected chi connectivity index (χ3v) is 3.75. The molecule has 0 unspecified atom stereocenters. The number of pyridine rings is 1. The molecule has 0 saturated heterocycles. The summed E-state index contributed by atoms with van der Waals surface area (Å²) in [6.07, 6.45) is 1.54. The molecular formula is C21H18N4O2. The minimum atomic E-state index is -0.270. The Morgan fingerprint density at radius 3 is 2.59 bits per heavy atom. The lowest BCUT2D eigenvalue weighted by Crippen LogP contribution is -2.20. The maximum absolute atomic E-state index is 12.0. The molecule has 0 aliphatic rings. The van der Waals surface area contributed by atoms with Crippen LogP contribution in [-0.4, -0.2) is 17.5 Å². The Morgan fingerprint density at radius 2 is 1.89 bits per heavy atom. The van der Waals surface area contributed by atoms with E-state index >= 15 is 0 Å². The maximum Gasteiger partial charge on any atom is 0.262 e. The summed E-state index contributed by atoms with van der Waals surface area (Å²) in [5.74, 6) is 0.948. The van der Waals surface area contributed by atoms with Crippen LogP contribution in [0.25, 0.3) is 0 Å². The average molecular weight is 358 g/mol. The second-order valence-electron chi connectivity index (χ2n) is 5.86. The Hall–Kier alpha value is -3.85. The number of aryl methyl sites for hydroxylation is 1. The summed E-state index contributed by atoms with van der Waals surface area (Å²) in [6, 6.07) is 20.2. The molecule has 3 rings (SSSR count). The van der Waals surface area contributed by atoms with Crippen LogP contribution in [0.2, 0.25) is 0 Å². The predicted molar refractivity (Wildman–Crippen MR) is 104 cm³/mol. The first kappa shape index (κ1) is 18.0. The molecule has 6 nitrogen and oxygen atoms in total. The molecule has 1 amide bonds. The zero-order chi connectivity index (χ0) is 19.1. The van der Waals surface area contributed by atoms with Crippen LogP contribution in [0.1, 0.15) is 11.1 Å². The topological polar surface area (TPSA) is 87.0 Å². The number of amides is 1. The van der Waals surface area contributed by atoms with Gasteiger partial charge in [0.2, 0.25) is 0 Å². The van der Waals surface area contributed by atoms with E-state index in [4.69, 9.17) is 10.00 Å². The summed E-state index contributed by atoms with van der Waals surface area (Å²) in [5, 5.41) is 14.9. The lowest BCUT2D eigenvalue weighted by atomic mass is 10.2. The summed E-state index contributed by atoms with van der Waals surface area (Å²) in [7, 11) is 0. The van der Waals surface area contributed by atoms with Crippen molar-refractivity contribution in [3.8, 4) is 11.8 Å². The van der Waals surface area contributed by atoms with E-state index < -0.39 is 0 Å². The Balaban J connectivity index is 1.55. The minimum absolute atomic E-state index is 0.0847. The van der Waals surface area contributed by atoms with Crippen LogP contribution in [0.5, 0.6) is 5.75 Å². The summed E-state index contributed by atoms with van der Waals surface area (Å²) in [5.41, 5.74) is 2.90. The highest BCUT2D eigenvalue weighted by Gasteiger charge is 2.06. The van der Waals surface area contributed by atoms with Crippen molar-refractivity contribution in [2.24, 2.45) is 0 Å². The van der Waals surface area contributed by atoms with E-state index in [1.165, 1.54) is 0 Å². The molecule has 0 aliphatic carbocycles. The molecule has 6 heteroatoms. The number of nitrogens with zero attached hydrogens (tertiary/aromatic N) is 2. The Morgan fingerprint density at radius 1 is 1.11 bits per heavy atom. The molecule has 1 aromatic heterocycles. The van der Waals surface area contributed by atoms with Gasteiger partial charge in [-0.25, -0.2) is 4.98 Å². The Labute approximate surface area is 157 Å². The highest BCUT2D eigenvalue weighted by atomic mass is 16.5. The van der Waals surface area contributed by atoms with Gasteiger partial charge in [-0.05, 0) is 43.3 Å².